The predicted octanol–water partition coefficient (Wildman–Crippen LogP) is 4.04. The van der Waals surface area contributed by atoms with E-state index in [4.69, 9.17) is 16.3 Å². The number of halogens is 1. The zero-order valence-corrected chi connectivity index (χ0v) is 10.8. The molecule has 88 valence electrons. The number of hydrogen-bond donors (Lipinski definition) is 1. The molecule has 17 heavy (non-hydrogen) atoms. The van der Waals surface area contributed by atoms with Gasteiger partial charge in [0.05, 0.1) is 18.2 Å². The van der Waals surface area contributed by atoms with Gasteiger partial charge in [0.25, 0.3) is 0 Å². The first-order valence-electron chi connectivity index (χ1n) is 5.47. The molecule has 1 N–H and O–H groups in total. The molecule has 3 rings (SSSR count). The van der Waals surface area contributed by atoms with Gasteiger partial charge in [-0.15, -0.1) is 11.3 Å². The Labute approximate surface area is 109 Å². The fourth-order valence-corrected chi connectivity index (χ4v) is 2.93. The number of thiophene rings is 1. The van der Waals surface area contributed by atoms with E-state index in [-0.39, 0.29) is 0 Å². The third-order valence-electron chi connectivity index (χ3n) is 2.81. The van der Waals surface area contributed by atoms with E-state index < -0.39 is 0 Å². The van der Waals surface area contributed by atoms with Crippen LogP contribution in [-0.4, -0.2) is 0 Å². The van der Waals surface area contributed by atoms with Crippen LogP contribution in [0.15, 0.2) is 29.6 Å². The number of fused-ring (bicyclic) bond motifs is 1. The number of hydrogen-bond acceptors (Lipinski definition) is 3. The highest BCUT2D eigenvalue weighted by atomic mass is 35.5. The largest absolute Gasteiger partial charge is 0.380 e. The Kier molecular flexibility index (Phi) is 3.05. The quantitative estimate of drug-likeness (QED) is 0.904. The van der Waals surface area contributed by atoms with Crippen molar-refractivity contribution >= 4 is 28.6 Å². The number of nitrogens with one attached hydrogen (secondary N) is 1. The maximum Gasteiger partial charge on any atom is 0.0725 e. The van der Waals surface area contributed by atoms with Gasteiger partial charge in [0, 0.05) is 22.5 Å². The molecule has 0 saturated carbocycles. The summed E-state index contributed by atoms with van der Waals surface area (Å²) in [7, 11) is 0. The average molecular weight is 266 g/mol. The van der Waals surface area contributed by atoms with E-state index in [9.17, 15) is 0 Å². The smallest absolute Gasteiger partial charge is 0.0725 e. The minimum absolute atomic E-state index is 0.732. The highest BCUT2D eigenvalue weighted by molar-refractivity contribution is 7.10. The zero-order chi connectivity index (χ0) is 11.7. The Morgan fingerprint density at radius 1 is 1.24 bits per heavy atom. The van der Waals surface area contributed by atoms with Crippen LogP contribution in [0.1, 0.15) is 16.0 Å². The zero-order valence-electron chi connectivity index (χ0n) is 9.20. The molecule has 2 heterocycles. The SMILES string of the molecule is Clc1csc(CNc2ccc3c(c2)COC3)c1. The standard InChI is InChI=1S/C13H12ClNOS/c14-11-4-13(17-8-11)5-15-12-2-1-9-6-16-7-10(9)3-12/h1-4,8,15H,5-7H2. The van der Waals surface area contributed by atoms with Crippen molar-refractivity contribution < 1.29 is 4.74 Å². The minimum Gasteiger partial charge on any atom is -0.380 e. The van der Waals surface area contributed by atoms with Crippen LogP contribution in [0.25, 0.3) is 0 Å². The first-order valence-corrected chi connectivity index (χ1v) is 6.73. The lowest BCUT2D eigenvalue weighted by Crippen LogP contribution is -1.98. The monoisotopic (exact) mass is 265 g/mol. The van der Waals surface area contributed by atoms with Gasteiger partial charge in [0.15, 0.2) is 0 Å². The maximum absolute atomic E-state index is 5.88. The number of benzene rings is 1. The van der Waals surface area contributed by atoms with Crippen LogP contribution < -0.4 is 5.32 Å². The molecule has 0 radical (unpaired) electrons. The molecule has 0 unspecified atom stereocenters. The van der Waals surface area contributed by atoms with E-state index >= 15 is 0 Å². The number of anilines is 1. The minimum atomic E-state index is 0.732. The van der Waals surface area contributed by atoms with E-state index in [1.54, 1.807) is 11.3 Å². The van der Waals surface area contributed by atoms with Crippen LogP contribution >= 0.6 is 22.9 Å². The van der Waals surface area contributed by atoms with Gasteiger partial charge in [0.1, 0.15) is 0 Å². The molecular weight excluding hydrogens is 254 g/mol. The van der Waals surface area contributed by atoms with Crippen molar-refractivity contribution in [1.29, 1.82) is 0 Å². The van der Waals surface area contributed by atoms with E-state index in [0.717, 1.165) is 30.5 Å². The van der Waals surface area contributed by atoms with E-state index in [1.807, 2.05) is 11.4 Å². The van der Waals surface area contributed by atoms with Crippen LogP contribution in [0, 0.1) is 0 Å². The molecule has 1 aromatic heterocycles. The van der Waals surface area contributed by atoms with Gasteiger partial charge in [-0.2, -0.15) is 0 Å². The second kappa shape index (κ2) is 4.69. The Balaban J connectivity index is 1.69. The molecule has 4 heteroatoms. The van der Waals surface area contributed by atoms with E-state index in [0.29, 0.717) is 0 Å². The molecule has 0 aliphatic carbocycles. The third kappa shape index (κ3) is 2.46. The lowest BCUT2D eigenvalue weighted by Gasteiger charge is -2.06. The average Bonchev–Trinajstić information content (AvgIpc) is 2.94. The first-order chi connectivity index (χ1) is 8.31. The normalized spacial score (nSPS) is 13.7. The summed E-state index contributed by atoms with van der Waals surface area (Å²) in [5.41, 5.74) is 3.73. The molecule has 1 aromatic carbocycles. The fourth-order valence-electron chi connectivity index (χ4n) is 1.92. The van der Waals surface area contributed by atoms with Crippen LogP contribution in [-0.2, 0) is 24.5 Å². The van der Waals surface area contributed by atoms with Crippen LogP contribution in [0.3, 0.4) is 0 Å². The second-order valence-electron chi connectivity index (χ2n) is 4.06. The van der Waals surface area contributed by atoms with Gasteiger partial charge in [-0.25, -0.2) is 0 Å². The lowest BCUT2D eigenvalue weighted by atomic mass is 10.1. The maximum atomic E-state index is 5.88. The van der Waals surface area contributed by atoms with Crippen molar-refractivity contribution in [2.24, 2.45) is 0 Å². The van der Waals surface area contributed by atoms with Crippen molar-refractivity contribution in [2.45, 2.75) is 19.8 Å². The summed E-state index contributed by atoms with van der Waals surface area (Å²) in [4.78, 5) is 1.24. The summed E-state index contributed by atoms with van der Waals surface area (Å²) < 4.78 is 5.39. The van der Waals surface area contributed by atoms with Gasteiger partial charge in [-0.05, 0) is 29.3 Å². The fraction of sp³-hybridized carbons (Fsp3) is 0.231. The van der Waals surface area contributed by atoms with Gasteiger partial charge in [0.2, 0.25) is 0 Å². The summed E-state index contributed by atoms with van der Waals surface area (Å²) in [6.07, 6.45) is 0. The topological polar surface area (TPSA) is 21.3 Å². The highest BCUT2D eigenvalue weighted by Gasteiger charge is 2.10. The van der Waals surface area contributed by atoms with Crippen molar-refractivity contribution in [2.75, 3.05) is 5.32 Å². The Morgan fingerprint density at radius 2 is 2.12 bits per heavy atom. The van der Waals surface area contributed by atoms with Crippen molar-refractivity contribution in [3.05, 3.63) is 50.7 Å². The molecule has 0 saturated heterocycles. The van der Waals surface area contributed by atoms with Crippen LogP contribution in [0.2, 0.25) is 5.02 Å². The Bertz CT molecular complexity index is 538. The predicted molar refractivity (Wildman–Crippen MR) is 71.6 cm³/mol. The van der Waals surface area contributed by atoms with Crippen LogP contribution in [0.4, 0.5) is 5.69 Å². The molecule has 0 atom stereocenters. The molecular formula is C13H12ClNOS. The third-order valence-corrected chi connectivity index (χ3v) is 4.09. The Hall–Kier alpha value is -1.03. The molecule has 0 amide bonds. The summed E-state index contributed by atoms with van der Waals surface area (Å²) in [5.74, 6) is 0. The first kappa shape index (κ1) is 11.1. The molecule has 1 aliphatic rings. The van der Waals surface area contributed by atoms with Gasteiger partial charge >= 0.3 is 0 Å². The molecule has 2 nitrogen and oxygen atoms in total. The van der Waals surface area contributed by atoms with Crippen LogP contribution in [0.5, 0.6) is 0 Å². The Morgan fingerprint density at radius 3 is 2.94 bits per heavy atom. The highest BCUT2D eigenvalue weighted by Crippen LogP contribution is 2.24. The summed E-state index contributed by atoms with van der Waals surface area (Å²) in [5, 5.41) is 6.17. The van der Waals surface area contributed by atoms with E-state index in [1.165, 1.54) is 16.0 Å². The summed E-state index contributed by atoms with van der Waals surface area (Å²) in [6.45, 7) is 2.29. The van der Waals surface area contributed by atoms with Gasteiger partial charge in [-0.1, -0.05) is 17.7 Å². The number of ether oxygens (including phenoxy) is 1. The lowest BCUT2D eigenvalue weighted by molar-refractivity contribution is 0.134. The van der Waals surface area contributed by atoms with Gasteiger partial charge < -0.3 is 10.1 Å². The molecule has 0 spiro atoms. The van der Waals surface area contributed by atoms with Crippen molar-refractivity contribution in [3.63, 3.8) is 0 Å². The van der Waals surface area contributed by atoms with E-state index in [2.05, 4.69) is 23.5 Å². The molecule has 2 aromatic rings. The molecule has 1 aliphatic heterocycles. The van der Waals surface area contributed by atoms with Gasteiger partial charge in [-0.3, -0.25) is 0 Å². The summed E-state index contributed by atoms with van der Waals surface area (Å²) in [6, 6.07) is 8.39. The molecule has 0 fully saturated rings. The van der Waals surface area contributed by atoms with Crippen molar-refractivity contribution in [1.82, 2.24) is 0 Å². The van der Waals surface area contributed by atoms with Crippen molar-refractivity contribution in [3.8, 4) is 0 Å². The molecule has 0 bridgehead atoms. The number of rotatable bonds is 3. The second-order valence-corrected chi connectivity index (χ2v) is 5.49. The summed E-state index contributed by atoms with van der Waals surface area (Å²) >= 11 is 7.56.